The molecule has 0 amide bonds. The lowest BCUT2D eigenvalue weighted by atomic mass is 9.74. The molecule has 0 heterocycles. The first-order valence-corrected chi connectivity index (χ1v) is 5.75. The molecule has 1 N–H and O–H groups in total. The number of hydrogen-bond acceptors (Lipinski definition) is 3. The molecule has 4 heteroatoms. The molecule has 1 rings (SSSR count). The van der Waals surface area contributed by atoms with Crippen molar-refractivity contribution in [2.45, 2.75) is 39.5 Å². The van der Waals surface area contributed by atoms with Crippen LogP contribution < -0.4 is 5.43 Å². The van der Waals surface area contributed by atoms with Gasteiger partial charge in [-0.05, 0) is 18.8 Å². The van der Waals surface area contributed by atoms with Crippen LogP contribution in [0.3, 0.4) is 0 Å². The summed E-state index contributed by atoms with van der Waals surface area (Å²) in [7, 11) is 0. The Morgan fingerprint density at radius 1 is 1.40 bits per heavy atom. The number of carbonyl (C=O) groups is 1. The summed E-state index contributed by atoms with van der Waals surface area (Å²) < 4.78 is 0. The Labute approximate surface area is 90.8 Å². The fraction of sp³-hybridized carbons (Fsp3) is 0.909. The van der Waals surface area contributed by atoms with Gasteiger partial charge in [0.15, 0.2) is 0 Å². The summed E-state index contributed by atoms with van der Waals surface area (Å²) in [5.41, 5.74) is 2.46. The van der Waals surface area contributed by atoms with Crippen molar-refractivity contribution in [1.29, 1.82) is 0 Å². The number of nitroso groups, excluding NO2 is 1. The van der Waals surface area contributed by atoms with Gasteiger partial charge in [-0.25, -0.2) is 0 Å². The number of rotatable bonds is 5. The molecule has 0 bridgehead atoms. The summed E-state index contributed by atoms with van der Waals surface area (Å²) in [6, 6.07) is 0. The Morgan fingerprint density at radius 3 is 2.67 bits per heavy atom. The first-order valence-electron chi connectivity index (χ1n) is 5.75. The topological polar surface area (TPSA) is 58.5 Å². The summed E-state index contributed by atoms with van der Waals surface area (Å²) in [5.74, 6) is 0.867. The highest BCUT2D eigenvalue weighted by Gasteiger charge is 2.31. The van der Waals surface area contributed by atoms with Gasteiger partial charge in [-0.2, -0.15) is 0 Å². The average molecular weight is 212 g/mol. The molecule has 2 atom stereocenters. The Hall–Kier alpha value is -0.930. The van der Waals surface area contributed by atoms with Crippen LogP contribution in [0.1, 0.15) is 39.5 Å². The van der Waals surface area contributed by atoms with Gasteiger partial charge >= 0.3 is 0 Å². The zero-order valence-electron chi connectivity index (χ0n) is 9.53. The quantitative estimate of drug-likeness (QED) is 0.562. The normalized spacial score (nSPS) is 26.3. The average Bonchev–Trinajstić information content (AvgIpc) is 2.25. The predicted molar refractivity (Wildman–Crippen MR) is 59.1 cm³/mol. The fourth-order valence-electron chi connectivity index (χ4n) is 2.41. The van der Waals surface area contributed by atoms with E-state index in [0.29, 0.717) is 18.2 Å². The van der Waals surface area contributed by atoms with E-state index in [1.165, 1.54) is 0 Å². The minimum absolute atomic E-state index is 0.0970. The Balaban J connectivity index is 2.56. The number of hydrogen-bond donors (Lipinski definition) is 1. The van der Waals surface area contributed by atoms with Crippen LogP contribution in [0.25, 0.3) is 0 Å². The number of ketones is 1. The standard InChI is InChI=1S/C11H20N2O2/c1-8(2)11(14)10-6-4-3-5-9(10)7-12-13-15/h8-10H,3-7H2,1-2H3,(H,12,15). The summed E-state index contributed by atoms with van der Waals surface area (Å²) in [5, 5.41) is 2.66. The number of nitrogens with one attached hydrogen (secondary N) is 1. The number of carbonyl (C=O) groups excluding carboxylic acids is 1. The van der Waals surface area contributed by atoms with Gasteiger partial charge in [-0.3, -0.25) is 10.2 Å². The molecule has 1 aliphatic rings. The molecule has 1 fully saturated rings. The third-order valence-corrected chi connectivity index (χ3v) is 3.26. The monoisotopic (exact) mass is 212 g/mol. The van der Waals surface area contributed by atoms with Crippen molar-refractivity contribution >= 4 is 5.78 Å². The van der Waals surface area contributed by atoms with Gasteiger partial charge in [0, 0.05) is 23.7 Å². The lowest BCUT2D eigenvalue weighted by molar-refractivity contribution is -0.128. The van der Waals surface area contributed by atoms with Crippen LogP contribution in [0.5, 0.6) is 0 Å². The molecule has 4 nitrogen and oxygen atoms in total. The second kappa shape index (κ2) is 5.83. The second-order valence-electron chi connectivity index (χ2n) is 4.66. The van der Waals surface area contributed by atoms with E-state index >= 15 is 0 Å². The van der Waals surface area contributed by atoms with Crippen molar-refractivity contribution in [3.63, 3.8) is 0 Å². The van der Waals surface area contributed by atoms with E-state index in [-0.39, 0.29) is 11.8 Å². The van der Waals surface area contributed by atoms with Gasteiger partial charge < -0.3 is 0 Å². The Bertz CT molecular complexity index is 229. The van der Waals surface area contributed by atoms with Crippen LogP contribution in [-0.4, -0.2) is 12.3 Å². The molecular formula is C11H20N2O2. The molecule has 1 saturated carbocycles. The zero-order valence-corrected chi connectivity index (χ0v) is 9.53. The van der Waals surface area contributed by atoms with Crippen LogP contribution in [-0.2, 0) is 4.79 Å². The number of Topliss-reactive ketones (excluding diaryl/α,β-unsaturated/α-hetero) is 1. The third kappa shape index (κ3) is 3.29. The molecule has 15 heavy (non-hydrogen) atoms. The molecule has 0 spiro atoms. The van der Waals surface area contributed by atoms with E-state index in [2.05, 4.69) is 10.7 Å². The molecule has 0 aromatic rings. The van der Waals surface area contributed by atoms with Crippen LogP contribution in [0.15, 0.2) is 5.29 Å². The van der Waals surface area contributed by atoms with Crippen molar-refractivity contribution in [3.8, 4) is 0 Å². The molecule has 1 aliphatic carbocycles. The summed E-state index contributed by atoms with van der Waals surface area (Å²) in [4.78, 5) is 21.9. The van der Waals surface area contributed by atoms with Gasteiger partial charge in [0.2, 0.25) is 0 Å². The van der Waals surface area contributed by atoms with E-state index in [9.17, 15) is 9.70 Å². The Morgan fingerprint density at radius 2 is 2.07 bits per heavy atom. The molecule has 2 unspecified atom stereocenters. The maximum Gasteiger partial charge on any atom is 0.138 e. The largest absolute Gasteiger partial charge is 0.299 e. The highest BCUT2D eigenvalue weighted by molar-refractivity contribution is 5.83. The molecule has 0 aromatic carbocycles. The van der Waals surface area contributed by atoms with Crippen molar-refractivity contribution < 1.29 is 4.79 Å². The molecular weight excluding hydrogens is 192 g/mol. The molecule has 86 valence electrons. The maximum absolute atomic E-state index is 11.9. The van der Waals surface area contributed by atoms with Crippen LogP contribution in [0.4, 0.5) is 0 Å². The number of nitrogens with zero attached hydrogens (tertiary/aromatic N) is 1. The molecule has 0 aromatic heterocycles. The molecule has 0 radical (unpaired) electrons. The van der Waals surface area contributed by atoms with Crippen LogP contribution >= 0.6 is 0 Å². The fourth-order valence-corrected chi connectivity index (χ4v) is 2.41. The zero-order chi connectivity index (χ0) is 11.3. The first-order chi connectivity index (χ1) is 7.16. The van der Waals surface area contributed by atoms with Gasteiger partial charge in [0.25, 0.3) is 0 Å². The lowest BCUT2D eigenvalue weighted by Gasteiger charge is -2.30. The Kier molecular flexibility index (Phi) is 4.72. The van der Waals surface area contributed by atoms with Crippen molar-refractivity contribution in [2.24, 2.45) is 23.0 Å². The van der Waals surface area contributed by atoms with E-state index in [1.807, 2.05) is 13.8 Å². The first kappa shape index (κ1) is 12.1. The third-order valence-electron chi connectivity index (χ3n) is 3.26. The summed E-state index contributed by atoms with van der Waals surface area (Å²) >= 11 is 0. The predicted octanol–water partition coefficient (Wildman–Crippen LogP) is 2.29. The van der Waals surface area contributed by atoms with Crippen LogP contribution in [0.2, 0.25) is 0 Å². The maximum atomic E-state index is 11.9. The minimum atomic E-state index is 0.0970. The lowest BCUT2D eigenvalue weighted by Crippen LogP contribution is -2.35. The van der Waals surface area contributed by atoms with Crippen molar-refractivity contribution in [3.05, 3.63) is 4.91 Å². The van der Waals surface area contributed by atoms with Crippen LogP contribution in [0, 0.1) is 22.7 Å². The highest BCUT2D eigenvalue weighted by Crippen LogP contribution is 2.31. The van der Waals surface area contributed by atoms with Gasteiger partial charge in [0.1, 0.15) is 5.78 Å². The van der Waals surface area contributed by atoms with E-state index < -0.39 is 0 Å². The minimum Gasteiger partial charge on any atom is -0.299 e. The summed E-state index contributed by atoms with van der Waals surface area (Å²) in [6.07, 6.45) is 4.30. The van der Waals surface area contributed by atoms with Gasteiger partial charge in [-0.15, -0.1) is 4.91 Å². The second-order valence-corrected chi connectivity index (χ2v) is 4.66. The van der Waals surface area contributed by atoms with Crippen molar-refractivity contribution in [1.82, 2.24) is 5.43 Å². The summed E-state index contributed by atoms with van der Waals surface area (Å²) in [6.45, 7) is 4.44. The van der Waals surface area contributed by atoms with Gasteiger partial charge in [0.05, 0.1) is 0 Å². The highest BCUT2D eigenvalue weighted by atomic mass is 16.3. The van der Waals surface area contributed by atoms with E-state index in [0.717, 1.165) is 25.7 Å². The van der Waals surface area contributed by atoms with E-state index in [1.54, 1.807) is 0 Å². The molecule has 0 aliphatic heterocycles. The van der Waals surface area contributed by atoms with E-state index in [4.69, 9.17) is 0 Å². The van der Waals surface area contributed by atoms with Crippen molar-refractivity contribution in [2.75, 3.05) is 6.54 Å². The SMILES string of the molecule is CC(C)C(=O)C1CCCCC1CNN=O. The smallest absolute Gasteiger partial charge is 0.138 e. The van der Waals surface area contributed by atoms with Gasteiger partial charge in [-0.1, -0.05) is 26.7 Å². The molecule has 0 saturated heterocycles.